The number of hydrogen-bond donors (Lipinski definition) is 1. The minimum Gasteiger partial charge on any atom is -0.348 e. The third kappa shape index (κ3) is 2.91. The molecule has 4 rings (SSSR count). The summed E-state index contributed by atoms with van der Waals surface area (Å²) in [5, 5.41) is 3.20. The number of nitrogens with one attached hydrogen (secondary N) is 1. The molecule has 1 amide bonds. The SMILES string of the molecule is O=C(NC1CN2CC[C@H]1C2)c1ccc(Sc2cncs2)cc1. The normalized spacial score (nSPS) is 26.3. The Kier molecular flexibility index (Phi) is 3.90. The first kappa shape index (κ1) is 14.2. The van der Waals surface area contributed by atoms with Crippen LogP contribution in [0.3, 0.4) is 0 Å². The lowest BCUT2D eigenvalue weighted by Crippen LogP contribution is -2.43. The van der Waals surface area contributed by atoms with Crippen molar-refractivity contribution in [3.8, 4) is 0 Å². The number of rotatable bonds is 4. The number of hydrogen-bond acceptors (Lipinski definition) is 5. The lowest BCUT2D eigenvalue weighted by atomic mass is 9.99. The van der Waals surface area contributed by atoms with Gasteiger partial charge in [-0.1, -0.05) is 11.8 Å². The van der Waals surface area contributed by atoms with E-state index in [0.717, 1.165) is 27.8 Å². The van der Waals surface area contributed by atoms with Crippen molar-refractivity contribution in [3.63, 3.8) is 0 Å². The Morgan fingerprint density at radius 1 is 1.32 bits per heavy atom. The van der Waals surface area contributed by atoms with Gasteiger partial charge in [-0.25, -0.2) is 0 Å². The van der Waals surface area contributed by atoms with Crippen LogP contribution in [0.1, 0.15) is 16.8 Å². The van der Waals surface area contributed by atoms with E-state index in [4.69, 9.17) is 0 Å². The van der Waals surface area contributed by atoms with E-state index in [2.05, 4.69) is 15.2 Å². The van der Waals surface area contributed by atoms with Crippen LogP contribution in [0.4, 0.5) is 0 Å². The van der Waals surface area contributed by atoms with Gasteiger partial charge in [-0.2, -0.15) is 0 Å². The van der Waals surface area contributed by atoms with Crippen LogP contribution < -0.4 is 5.32 Å². The average Bonchev–Trinajstić information content (AvgIpc) is 3.25. The van der Waals surface area contributed by atoms with Crippen LogP contribution >= 0.6 is 23.1 Å². The Bertz CT molecular complexity index is 657. The van der Waals surface area contributed by atoms with E-state index < -0.39 is 0 Å². The molecule has 3 atom stereocenters. The Hall–Kier alpha value is -1.37. The van der Waals surface area contributed by atoms with Gasteiger partial charge in [-0.15, -0.1) is 11.3 Å². The highest BCUT2D eigenvalue weighted by molar-refractivity contribution is 8.01. The lowest BCUT2D eigenvalue weighted by molar-refractivity contribution is 0.0924. The number of amides is 1. The second kappa shape index (κ2) is 6.02. The van der Waals surface area contributed by atoms with E-state index in [0.29, 0.717) is 12.0 Å². The van der Waals surface area contributed by atoms with Crippen molar-refractivity contribution < 1.29 is 4.79 Å². The fourth-order valence-electron chi connectivity index (χ4n) is 3.24. The zero-order valence-corrected chi connectivity index (χ0v) is 13.7. The Balaban J connectivity index is 1.38. The van der Waals surface area contributed by atoms with Crippen LogP contribution in [-0.2, 0) is 0 Å². The fourth-order valence-corrected chi connectivity index (χ4v) is 4.82. The smallest absolute Gasteiger partial charge is 0.251 e. The van der Waals surface area contributed by atoms with E-state index in [1.54, 1.807) is 23.1 Å². The summed E-state index contributed by atoms with van der Waals surface area (Å²) in [4.78, 5) is 20.0. The van der Waals surface area contributed by atoms with Gasteiger partial charge in [0.2, 0.25) is 0 Å². The summed E-state index contributed by atoms with van der Waals surface area (Å²) in [6.45, 7) is 3.35. The van der Waals surface area contributed by atoms with Crippen LogP contribution in [-0.4, -0.2) is 41.5 Å². The maximum absolute atomic E-state index is 12.4. The number of carbonyl (C=O) groups excluding carboxylic acids is 1. The van der Waals surface area contributed by atoms with Gasteiger partial charge in [-0.3, -0.25) is 9.78 Å². The van der Waals surface area contributed by atoms with E-state index in [1.165, 1.54) is 13.0 Å². The number of fused-ring (bicyclic) bond motifs is 2. The van der Waals surface area contributed by atoms with E-state index in [1.807, 2.05) is 36.0 Å². The van der Waals surface area contributed by atoms with Gasteiger partial charge in [0.05, 0.1) is 15.9 Å². The first-order valence-corrected chi connectivity index (χ1v) is 9.17. The fraction of sp³-hybridized carbons (Fsp3) is 0.375. The predicted octanol–water partition coefficient (Wildman–Crippen LogP) is 2.73. The molecule has 1 aromatic heterocycles. The van der Waals surface area contributed by atoms with Crippen LogP contribution in [0.15, 0.2) is 45.1 Å². The minimum atomic E-state index is 0.0492. The summed E-state index contributed by atoms with van der Waals surface area (Å²) < 4.78 is 1.16. The monoisotopic (exact) mass is 331 g/mol. The molecule has 4 nitrogen and oxygen atoms in total. The molecule has 2 bridgehead atoms. The second-order valence-corrected chi connectivity index (χ2v) is 8.10. The number of piperidine rings is 1. The van der Waals surface area contributed by atoms with Crippen LogP contribution in [0.5, 0.6) is 0 Å². The maximum atomic E-state index is 12.4. The van der Waals surface area contributed by atoms with Gasteiger partial charge in [0.15, 0.2) is 0 Å². The summed E-state index contributed by atoms with van der Waals surface area (Å²) in [6, 6.07) is 8.15. The molecule has 1 N–H and O–H groups in total. The molecule has 114 valence electrons. The van der Waals surface area contributed by atoms with Crippen LogP contribution in [0.25, 0.3) is 0 Å². The van der Waals surface area contributed by atoms with E-state index >= 15 is 0 Å². The molecule has 2 aromatic rings. The van der Waals surface area contributed by atoms with Crippen molar-refractivity contribution in [2.24, 2.45) is 5.92 Å². The third-order valence-electron chi connectivity index (χ3n) is 4.39. The predicted molar refractivity (Wildman–Crippen MR) is 88.5 cm³/mol. The standard InChI is InChI=1S/C16H17N3OS2/c20-16(18-14-9-19-6-5-12(14)8-19)11-1-3-13(4-2-11)22-15-7-17-10-21-15/h1-4,7,10,12,14H,5-6,8-9H2,(H,18,20)/t12-,14?/m0/s1. The van der Waals surface area contributed by atoms with Gasteiger partial charge in [0.1, 0.15) is 0 Å². The van der Waals surface area contributed by atoms with Crippen LogP contribution in [0, 0.1) is 5.92 Å². The average molecular weight is 331 g/mol. The zero-order valence-electron chi connectivity index (χ0n) is 12.1. The number of carbonyl (C=O) groups is 1. The summed E-state index contributed by atoms with van der Waals surface area (Å²) >= 11 is 3.30. The molecule has 0 radical (unpaired) electrons. The number of thiazole rings is 1. The van der Waals surface area contributed by atoms with Crippen molar-refractivity contribution in [1.29, 1.82) is 0 Å². The number of nitrogens with zero attached hydrogens (tertiary/aromatic N) is 2. The molecule has 2 unspecified atom stereocenters. The highest BCUT2D eigenvalue weighted by atomic mass is 32.2. The van der Waals surface area contributed by atoms with Gasteiger partial charge in [0, 0.05) is 29.6 Å². The van der Waals surface area contributed by atoms with Crippen molar-refractivity contribution in [2.45, 2.75) is 21.6 Å². The largest absolute Gasteiger partial charge is 0.348 e. The van der Waals surface area contributed by atoms with Crippen LogP contribution in [0.2, 0.25) is 0 Å². The molecule has 3 heterocycles. The molecule has 2 aliphatic rings. The topological polar surface area (TPSA) is 45.2 Å². The summed E-state index contributed by atoms with van der Waals surface area (Å²) in [5.41, 5.74) is 2.57. The number of aromatic nitrogens is 1. The molecule has 2 saturated heterocycles. The Morgan fingerprint density at radius 2 is 2.18 bits per heavy atom. The molecule has 1 aromatic carbocycles. The van der Waals surface area contributed by atoms with Crippen molar-refractivity contribution in [2.75, 3.05) is 19.6 Å². The summed E-state index contributed by atoms with van der Waals surface area (Å²) in [5.74, 6) is 0.693. The molecule has 0 saturated carbocycles. The lowest BCUT2D eigenvalue weighted by Gasteiger charge is -2.23. The quantitative estimate of drug-likeness (QED) is 0.936. The van der Waals surface area contributed by atoms with Gasteiger partial charge >= 0.3 is 0 Å². The Morgan fingerprint density at radius 3 is 2.82 bits per heavy atom. The van der Waals surface area contributed by atoms with E-state index in [9.17, 15) is 4.79 Å². The molecule has 2 aliphatic heterocycles. The van der Waals surface area contributed by atoms with Gasteiger partial charge in [-0.05, 0) is 43.1 Å². The summed E-state index contributed by atoms with van der Waals surface area (Å²) in [6.07, 6.45) is 3.08. The molecule has 6 heteroatoms. The minimum absolute atomic E-state index is 0.0492. The third-order valence-corrected chi connectivity index (χ3v) is 6.31. The Labute approximate surface area is 137 Å². The van der Waals surface area contributed by atoms with Crippen molar-refractivity contribution in [3.05, 3.63) is 41.5 Å². The van der Waals surface area contributed by atoms with Gasteiger partial charge < -0.3 is 10.2 Å². The number of benzene rings is 1. The molecular weight excluding hydrogens is 314 g/mol. The van der Waals surface area contributed by atoms with Gasteiger partial charge in [0.25, 0.3) is 5.91 Å². The molecule has 2 fully saturated rings. The highest BCUT2D eigenvalue weighted by Crippen LogP contribution is 2.30. The summed E-state index contributed by atoms with van der Waals surface area (Å²) in [7, 11) is 0. The maximum Gasteiger partial charge on any atom is 0.251 e. The molecule has 0 spiro atoms. The molecule has 22 heavy (non-hydrogen) atoms. The van der Waals surface area contributed by atoms with Crippen molar-refractivity contribution >= 4 is 29.0 Å². The van der Waals surface area contributed by atoms with Crippen molar-refractivity contribution in [1.82, 2.24) is 15.2 Å². The highest BCUT2D eigenvalue weighted by Gasteiger charge is 2.38. The van der Waals surface area contributed by atoms with E-state index in [-0.39, 0.29) is 5.91 Å². The molecular formula is C16H17N3OS2. The zero-order chi connectivity index (χ0) is 14.9. The first-order valence-electron chi connectivity index (χ1n) is 7.47. The first-order chi connectivity index (χ1) is 10.8. The molecule has 0 aliphatic carbocycles. The second-order valence-electron chi connectivity index (χ2n) is 5.84.